The van der Waals surface area contributed by atoms with E-state index in [0.29, 0.717) is 18.8 Å². The van der Waals surface area contributed by atoms with Gasteiger partial charge in [0.15, 0.2) is 0 Å². The molecule has 0 aliphatic carbocycles. The quantitative estimate of drug-likeness (QED) is 0.836. The molecule has 6 heteroatoms. The minimum atomic E-state index is -0.602. The fourth-order valence-corrected chi connectivity index (χ4v) is 3.36. The highest BCUT2D eigenvalue weighted by molar-refractivity contribution is 6.39. The normalized spacial score (nSPS) is 15.5. The van der Waals surface area contributed by atoms with E-state index in [0.717, 1.165) is 36.7 Å². The molecule has 0 saturated carbocycles. The first-order valence-electron chi connectivity index (χ1n) is 8.92. The third-order valence-corrected chi connectivity index (χ3v) is 4.85. The van der Waals surface area contributed by atoms with Crippen LogP contribution in [0, 0.1) is 5.92 Å². The number of hydrogen-bond donors (Lipinski definition) is 2. The number of rotatable bonds is 4. The maximum atomic E-state index is 12.3. The van der Waals surface area contributed by atoms with Gasteiger partial charge in [-0.3, -0.25) is 9.59 Å². The van der Waals surface area contributed by atoms with Crippen molar-refractivity contribution in [1.82, 2.24) is 9.47 Å². The number of aromatic nitrogens is 1. The van der Waals surface area contributed by atoms with Crippen LogP contribution in [0.1, 0.15) is 26.2 Å². The Morgan fingerprint density at radius 3 is 2.68 bits per heavy atom. The summed E-state index contributed by atoms with van der Waals surface area (Å²) in [5.41, 5.74) is 1.75. The molecule has 2 amide bonds. The standard InChI is InChI=1S/C19H25N3O3/c1-2-8-21-11-7-15-12-16(3-4-17(15)21)20-18(24)19(25)22-9-5-14(13-23)6-10-22/h3-4,7,11-12,14,23H,2,5-6,8-10,13H2,1H3,(H,20,24). The number of amides is 2. The van der Waals surface area contributed by atoms with Crippen molar-refractivity contribution < 1.29 is 14.7 Å². The number of benzene rings is 1. The van der Waals surface area contributed by atoms with E-state index in [1.165, 1.54) is 0 Å². The Hall–Kier alpha value is -2.34. The van der Waals surface area contributed by atoms with E-state index in [1.54, 1.807) is 4.90 Å². The molecule has 1 aliphatic rings. The highest BCUT2D eigenvalue weighted by Gasteiger charge is 2.26. The second-order valence-electron chi connectivity index (χ2n) is 6.66. The Bertz CT molecular complexity index is 760. The number of carbonyl (C=O) groups excluding carboxylic acids is 2. The molecular weight excluding hydrogens is 318 g/mol. The topological polar surface area (TPSA) is 74.6 Å². The number of carbonyl (C=O) groups is 2. The summed E-state index contributed by atoms with van der Waals surface area (Å²) in [5.74, 6) is -0.864. The highest BCUT2D eigenvalue weighted by atomic mass is 16.3. The van der Waals surface area contributed by atoms with E-state index in [1.807, 2.05) is 30.5 Å². The number of fused-ring (bicyclic) bond motifs is 1. The van der Waals surface area contributed by atoms with Gasteiger partial charge < -0.3 is 19.9 Å². The van der Waals surface area contributed by atoms with Gasteiger partial charge in [0.05, 0.1) is 0 Å². The number of piperidine rings is 1. The number of aryl methyl sites for hydroxylation is 1. The van der Waals surface area contributed by atoms with Gasteiger partial charge in [0.2, 0.25) is 0 Å². The van der Waals surface area contributed by atoms with Crippen molar-refractivity contribution in [3.05, 3.63) is 30.5 Å². The molecule has 2 heterocycles. The number of aliphatic hydroxyl groups is 1. The molecule has 0 atom stereocenters. The largest absolute Gasteiger partial charge is 0.396 e. The van der Waals surface area contributed by atoms with Gasteiger partial charge in [-0.1, -0.05) is 6.92 Å². The molecule has 1 aromatic carbocycles. The zero-order valence-electron chi connectivity index (χ0n) is 14.6. The number of hydrogen-bond acceptors (Lipinski definition) is 3. The van der Waals surface area contributed by atoms with Gasteiger partial charge in [-0.15, -0.1) is 0 Å². The van der Waals surface area contributed by atoms with Crippen LogP contribution in [0.4, 0.5) is 5.69 Å². The van der Waals surface area contributed by atoms with Gasteiger partial charge in [-0.05, 0) is 49.4 Å². The van der Waals surface area contributed by atoms with E-state index in [9.17, 15) is 9.59 Å². The molecule has 6 nitrogen and oxygen atoms in total. The first-order chi connectivity index (χ1) is 12.1. The predicted molar refractivity (Wildman–Crippen MR) is 97.2 cm³/mol. The second kappa shape index (κ2) is 7.70. The average molecular weight is 343 g/mol. The molecule has 1 fully saturated rings. The molecule has 1 aromatic heterocycles. The molecule has 0 bridgehead atoms. The Kier molecular flexibility index (Phi) is 5.38. The number of nitrogens with one attached hydrogen (secondary N) is 1. The van der Waals surface area contributed by atoms with Gasteiger partial charge in [-0.2, -0.15) is 0 Å². The summed E-state index contributed by atoms with van der Waals surface area (Å²) in [6.07, 6.45) is 4.58. The minimum absolute atomic E-state index is 0.145. The predicted octanol–water partition coefficient (Wildman–Crippen LogP) is 2.22. The lowest BCUT2D eigenvalue weighted by molar-refractivity contribution is -0.144. The average Bonchev–Trinajstić information content (AvgIpc) is 3.03. The lowest BCUT2D eigenvalue weighted by Gasteiger charge is -2.30. The first kappa shape index (κ1) is 17.5. The van der Waals surface area contributed by atoms with Crippen molar-refractivity contribution in [2.75, 3.05) is 25.0 Å². The van der Waals surface area contributed by atoms with Crippen molar-refractivity contribution in [3.8, 4) is 0 Å². The number of aliphatic hydroxyl groups excluding tert-OH is 1. The molecule has 0 spiro atoms. The van der Waals surface area contributed by atoms with Crippen LogP contribution in [-0.4, -0.2) is 46.1 Å². The van der Waals surface area contributed by atoms with Crippen LogP contribution in [0.2, 0.25) is 0 Å². The third-order valence-electron chi connectivity index (χ3n) is 4.85. The van der Waals surface area contributed by atoms with Crippen LogP contribution in [0.5, 0.6) is 0 Å². The summed E-state index contributed by atoms with van der Waals surface area (Å²) in [7, 11) is 0. The van der Waals surface area contributed by atoms with E-state index >= 15 is 0 Å². The van der Waals surface area contributed by atoms with Gasteiger partial charge in [0.1, 0.15) is 0 Å². The summed E-state index contributed by atoms with van der Waals surface area (Å²) in [4.78, 5) is 26.1. The van der Waals surface area contributed by atoms with E-state index in [-0.39, 0.29) is 12.5 Å². The summed E-state index contributed by atoms with van der Waals surface area (Å²) in [6, 6.07) is 7.71. The Morgan fingerprint density at radius 1 is 1.24 bits per heavy atom. The van der Waals surface area contributed by atoms with E-state index < -0.39 is 11.8 Å². The van der Waals surface area contributed by atoms with Gasteiger partial charge in [0, 0.05) is 49.0 Å². The van der Waals surface area contributed by atoms with Crippen LogP contribution < -0.4 is 5.32 Å². The first-order valence-corrected chi connectivity index (χ1v) is 8.92. The Balaban J connectivity index is 1.64. The molecule has 3 rings (SSSR count). The van der Waals surface area contributed by atoms with Crippen molar-refractivity contribution >= 4 is 28.4 Å². The van der Waals surface area contributed by atoms with Gasteiger partial charge >= 0.3 is 11.8 Å². The van der Waals surface area contributed by atoms with Crippen LogP contribution in [0.25, 0.3) is 10.9 Å². The fourth-order valence-electron chi connectivity index (χ4n) is 3.36. The van der Waals surface area contributed by atoms with Crippen LogP contribution in [0.3, 0.4) is 0 Å². The number of nitrogens with zero attached hydrogens (tertiary/aromatic N) is 2. The van der Waals surface area contributed by atoms with Crippen LogP contribution in [0.15, 0.2) is 30.5 Å². The fraction of sp³-hybridized carbons (Fsp3) is 0.474. The third kappa shape index (κ3) is 3.85. The number of anilines is 1. The van der Waals surface area contributed by atoms with Crippen LogP contribution >= 0.6 is 0 Å². The van der Waals surface area contributed by atoms with E-state index in [4.69, 9.17) is 5.11 Å². The SMILES string of the molecule is CCCn1ccc2cc(NC(=O)C(=O)N3CCC(CO)CC3)ccc21. The summed E-state index contributed by atoms with van der Waals surface area (Å²) < 4.78 is 2.18. The maximum Gasteiger partial charge on any atom is 0.313 e. The lowest BCUT2D eigenvalue weighted by Crippen LogP contribution is -2.44. The Morgan fingerprint density at radius 2 is 2.00 bits per heavy atom. The van der Waals surface area contributed by atoms with Crippen molar-refractivity contribution in [2.45, 2.75) is 32.7 Å². The van der Waals surface area contributed by atoms with E-state index in [2.05, 4.69) is 16.8 Å². The molecule has 0 unspecified atom stereocenters. The van der Waals surface area contributed by atoms with Gasteiger partial charge in [-0.25, -0.2) is 0 Å². The molecule has 2 N–H and O–H groups in total. The number of likely N-dealkylation sites (tertiary alicyclic amines) is 1. The van der Waals surface area contributed by atoms with Crippen molar-refractivity contribution in [3.63, 3.8) is 0 Å². The molecule has 1 aliphatic heterocycles. The zero-order valence-corrected chi connectivity index (χ0v) is 14.6. The molecule has 25 heavy (non-hydrogen) atoms. The lowest BCUT2D eigenvalue weighted by atomic mass is 9.98. The van der Waals surface area contributed by atoms with Crippen molar-refractivity contribution in [2.24, 2.45) is 5.92 Å². The molecule has 134 valence electrons. The smallest absolute Gasteiger partial charge is 0.313 e. The Labute approximate surface area is 147 Å². The molecular formula is C19H25N3O3. The molecule has 0 radical (unpaired) electrons. The summed E-state index contributed by atoms with van der Waals surface area (Å²) >= 11 is 0. The molecule has 1 saturated heterocycles. The second-order valence-corrected chi connectivity index (χ2v) is 6.66. The zero-order chi connectivity index (χ0) is 17.8. The van der Waals surface area contributed by atoms with Crippen LogP contribution in [-0.2, 0) is 16.1 Å². The highest BCUT2D eigenvalue weighted by Crippen LogP contribution is 2.21. The minimum Gasteiger partial charge on any atom is -0.396 e. The monoisotopic (exact) mass is 343 g/mol. The molecule has 2 aromatic rings. The summed E-state index contributed by atoms with van der Waals surface area (Å²) in [5, 5.41) is 12.9. The summed E-state index contributed by atoms with van der Waals surface area (Å²) in [6.45, 7) is 4.28. The van der Waals surface area contributed by atoms with Crippen molar-refractivity contribution in [1.29, 1.82) is 0 Å². The maximum absolute atomic E-state index is 12.3. The van der Waals surface area contributed by atoms with Gasteiger partial charge in [0.25, 0.3) is 0 Å².